The Bertz CT molecular complexity index is 599. The van der Waals surface area contributed by atoms with Crippen LogP contribution in [0.25, 0.3) is 0 Å². The summed E-state index contributed by atoms with van der Waals surface area (Å²) >= 11 is 0. The molecule has 2 aliphatic heterocycles. The highest BCUT2D eigenvalue weighted by Gasteiger charge is 2.49. The molecular weight excluding hydrogens is 424 g/mol. The van der Waals surface area contributed by atoms with E-state index in [1.807, 2.05) is 0 Å². The molecule has 0 amide bonds. The van der Waals surface area contributed by atoms with Gasteiger partial charge in [0.25, 0.3) is 0 Å². The molecule has 0 bridgehead atoms. The maximum Gasteiger partial charge on any atom is 0.333 e. The molecule has 2 fully saturated rings. The lowest BCUT2D eigenvalue weighted by molar-refractivity contribution is -0.377. The third-order valence-electron chi connectivity index (χ3n) is 4.88. The van der Waals surface area contributed by atoms with Crippen molar-refractivity contribution < 1.29 is 64.2 Å². The maximum atomic E-state index is 11.3. The first kappa shape index (κ1) is 26.0. The second kappa shape index (κ2) is 11.6. The molecule has 7 N–H and O–H groups in total. The minimum absolute atomic E-state index is 0.0531. The van der Waals surface area contributed by atoms with Gasteiger partial charge in [-0.2, -0.15) is 0 Å². The molecule has 13 heteroatoms. The van der Waals surface area contributed by atoms with Gasteiger partial charge in [0.15, 0.2) is 12.6 Å². The molecule has 180 valence electrons. The lowest BCUT2D eigenvalue weighted by Gasteiger charge is -2.44. The van der Waals surface area contributed by atoms with Gasteiger partial charge < -0.3 is 59.4 Å². The largest absolute Gasteiger partial charge is 0.460 e. The molecule has 2 heterocycles. The number of ether oxygens (including phenoxy) is 5. The van der Waals surface area contributed by atoms with Crippen LogP contribution >= 0.6 is 0 Å². The Morgan fingerprint density at radius 1 is 0.839 bits per heavy atom. The van der Waals surface area contributed by atoms with Gasteiger partial charge in [-0.3, -0.25) is 0 Å². The average Bonchev–Trinajstić information content (AvgIpc) is 2.74. The quantitative estimate of drug-likeness (QED) is 0.100. The highest BCUT2D eigenvalue weighted by molar-refractivity contribution is 5.86. The first-order valence-electron chi connectivity index (χ1n) is 9.64. The van der Waals surface area contributed by atoms with Crippen molar-refractivity contribution in [1.29, 1.82) is 0 Å². The van der Waals surface area contributed by atoms with Crippen molar-refractivity contribution in [2.75, 3.05) is 26.4 Å². The first-order chi connectivity index (χ1) is 14.6. The van der Waals surface area contributed by atoms with Crippen molar-refractivity contribution in [3.8, 4) is 0 Å². The van der Waals surface area contributed by atoms with Gasteiger partial charge in [-0.05, 0) is 6.92 Å². The van der Waals surface area contributed by atoms with Gasteiger partial charge >= 0.3 is 5.97 Å². The van der Waals surface area contributed by atoms with Crippen LogP contribution in [-0.2, 0) is 28.5 Å². The molecule has 2 rings (SSSR count). The van der Waals surface area contributed by atoms with E-state index in [0.29, 0.717) is 0 Å². The smallest absolute Gasteiger partial charge is 0.333 e. The Hall–Kier alpha value is -1.23. The maximum absolute atomic E-state index is 11.3. The summed E-state index contributed by atoms with van der Waals surface area (Å²) in [5, 5.41) is 69.2. The Labute approximate surface area is 178 Å². The molecule has 2 saturated heterocycles. The predicted molar refractivity (Wildman–Crippen MR) is 98.1 cm³/mol. The van der Waals surface area contributed by atoms with Crippen LogP contribution in [0.4, 0.5) is 0 Å². The summed E-state index contributed by atoms with van der Waals surface area (Å²) < 4.78 is 26.0. The number of aliphatic hydroxyl groups excluding tert-OH is 7. The summed E-state index contributed by atoms with van der Waals surface area (Å²) in [5.74, 6) is -0.593. The zero-order chi connectivity index (χ0) is 23.3. The van der Waals surface area contributed by atoms with E-state index in [1.165, 1.54) is 6.92 Å². The SMILES string of the molecule is C=C(C)C(=O)OCCOC[C@H]1O[C@H](O[C@H]2O[C@H](CO)[C@@H](O)[C@H](O)[C@H]2O)[C@H](O)[C@@H](O)[C@@H]1O. The van der Waals surface area contributed by atoms with Gasteiger partial charge in [0.1, 0.15) is 55.4 Å². The fraction of sp³-hybridized carbons (Fsp3) is 0.833. The molecular formula is C18H30O13. The first-order valence-corrected chi connectivity index (χ1v) is 9.64. The van der Waals surface area contributed by atoms with Gasteiger partial charge in [-0.25, -0.2) is 4.79 Å². The topological polar surface area (TPSA) is 205 Å². The number of aliphatic hydroxyl groups is 7. The van der Waals surface area contributed by atoms with Gasteiger partial charge in [0, 0.05) is 5.57 Å². The van der Waals surface area contributed by atoms with Crippen LogP contribution in [-0.4, -0.2) is 130 Å². The van der Waals surface area contributed by atoms with E-state index in [2.05, 4.69) is 6.58 Å². The lowest BCUT2D eigenvalue weighted by Crippen LogP contribution is -2.63. The molecule has 0 radical (unpaired) electrons. The van der Waals surface area contributed by atoms with E-state index in [4.69, 9.17) is 23.7 Å². The second-order valence-corrected chi connectivity index (χ2v) is 7.34. The van der Waals surface area contributed by atoms with Crippen molar-refractivity contribution in [2.45, 2.75) is 68.3 Å². The van der Waals surface area contributed by atoms with Crippen LogP contribution in [0.3, 0.4) is 0 Å². The van der Waals surface area contributed by atoms with Gasteiger partial charge in [-0.1, -0.05) is 6.58 Å². The highest BCUT2D eigenvalue weighted by Crippen LogP contribution is 2.28. The number of carbonyl (C=O) groups is 1. The van der Waals surface area contributed by atoms with E-state index in [1.54, 1.807) is 0 Å². The van der Waals surface area contributed by atoms with Crippen LogP contribution in [0.15, 0.2) is 12.2 Å². The molecule has 0 saturated carbocycles. The number of carbonyl (C=O) groups excluding carboxylic acids is 1. The van der Waals surface area contributed by atoms with E-state index in [0.717, 1.165) is 0 Å². The summed E-state index contributed by atoms with van der Waals surface area (Å²) in [6.07, 6.45) is -15.8. The van der Waals surface area contributed by atoms with Crippen molar-refractivity contribution >= 4 is 5.97 Å². The van der Waals surface area contributed by atoms with Crippen molar-refractivity contribution in [1.82, 2.24) is 0 Å². The van der Waals surface area contributed by atoms with Crippen molar-refractivity contribution in [3.05, 3.63) is 12.2 Å². The number of rotatable bonds is 9. The fourth-order valence-corrected chi connectivity index (χ4v) is 2.99. The minimum Gasteiger partial charge on any atom is -0.460 e. The molecule has 0 aromatic rings. The monoisotopic (exact) mass is 454 g/mol. The second-order valence-electron chi connectivity index (χ2n) is 7.34. The Morgan fingerprint density at radius 3 is 1.87 bits per heavy atom. The van der Waals surface area contributed by atoms with Crippen LogP contribution in [0.1, 0.15) is 6.92 Å². The van der Waals surface area contributed by atoms with Gasteiger partial charge in [-0.15, -0.1) is 0 Å². The molecule has 13 nitrogen and oxygen atoms in total. The zero-order valence-corrected chi connectivity index (χ0v) is 16.9. The van der Waals surface area contributed by atoms with Crippen molar-refractivity contribution in [2.24, 2.45) is 0 Å². The summed E-state index contributed by atoms with van der Waals surface area (Å²) in [5.41, 5.74) is 0.219. The average molecular weight is 454 g/mol. The molecule has 31 heavy (non-hydrogen) atoms. The third kappa shape index (κ3) is 6.40. The normalized spacial score (nSPS) is 41.0. The Morgan fingerprint density at radius 2 is 1.35 bits per heavy atom. The minimum atomic E-state index is -1.75. The third-order valence-corrected chi connectivity index (χ3v) is 4.88. The molecule has 0 unspecified atom stereocenters. The van der Waals surface area contributed by atoms with E-state index in [-0.39, 0.29) is 25.4 Å². The van der Waals surface area contributed by atoms with Crippen molar-refractivity contribution in [3.63, 3.8) is 0 Å². The predicted octanol–water partition coefficient (Wildman–Crippen LogP) is -4.25. The highest BCUT2D eigenvalue weighted by atomic mass is 16.8. The molecule has 10 atom stereocenters. The summed E-state index contributed by atoms with van der Waals surface area (Å²) in [7, 11) is 0. The Kier molecular flexibility index (Phi) is 9.72. The number of esters is 1. The summed E-state index contributed by atoms with van der Waals surface area (Å²) in [6, 6.07) is 0. The lowest BCUT2D eigenvalue weighted by atomic mass is 9.98. The van der Waals surface area contributed by atoms with Gasteiger partial charge in [0.05, 0.1) is 19.8 Å². The van der Waals surface area contributed by atoms with E-state index in [9.17, 15) is 40.5 Å². The molecule has 0 spiro atoms. The fourth-order valence-electron chi connectivity index (χ4n) is 2.99. The zero-order valence-electron chi connectivity index (χ0n) is 16.9. The standard InChI is InChI=1S/C18H30O13/c1-7(2)16(26)28-4-3-27-6-9-11(21)13(23)15(25)18(30-9)31-17-14(24)12(22)10(20)8(5-19)29-17/h8-15,17-25H,1,3-6H2,2H3/t8-,9-,10-,11-,12+,13+,14-,15-,17-,18-/m1/s1. The van der Waals surface area contributed by atoms with Crippen LogP contribution in [0, 0.1) is 0 Å². The summed E-state index contributed by atoms with van der Waals surface area (Å²) in [6.45, 7) is 3.80. The number of hydrogen-bond acceptors (Lipinski definition) is 13. The number of hydrogen-bond donors (Lipinski definition) is 7. The van der Waals surface area contributed by atoms with Crippen LogP contribution < -0.4 is 0 Å². The van der Waals surface area contributed by atoms with Crippen LogP contribution in [0.5, 0.6) is 0 Å². The molecule has 0 aliphatic carbocycles. The Balaban J connectivity index is 1.91. The van der Waals surface area contributed by atoms with E-state index >= 15 is 0 Å². The molecule has 0 aromatic heterocycles. The summed E-state index contributed by atoms with van der Waals surface area (Å²) in [4.78, 5) is 11.3. The van der Waals surface area contributed by atoms with E-state index < -0.39 is 74.0 Å². The van der Waals surface area contributed by atoms with Crippen LogP contribution in [0.2, 0.25) is 0 Å². The molecule has 0 aromatic carbocycles. The van der Waals surface area contributed by atoms with Gasteiger partial charge in [0.2, 0.25) is 0 Å². The molecule has 2 aliphatic rings.